The molecule has 2 aromatic heterocycles. The quantitative estimate of drug-likeness (QED) is 0.301. The SMILES string of the molecule is COc1cc(SCCN(C)C)c(N)cc1Nc1nccc(-c2cn(C)c3ccccc23)n1. The van der Waals surface area contributed by atoms with Crippen LogP contribution in [0, 0.1) is 0 Å². The van der Waals surface area contributed by atoms with Crippen LogP contribution in [0.5, 0.6) is 5.75 Å². The first-order valence-electron chi connectivity index (χ1n) is 10.4. The van der Waals surface area contributed by atoms with Gasteiger partial charge < -0.3 is 25.3 Å². The van der Waals surface area contributed by atoms with E-state index in [0.717, 1.165) is 45.0 Å². The molecule has 0 spiro atoms. The molecule has 3 N–H and O–H groups in total. The van der Waals surface area contributed by atoms with Gasteiger partial charge in [-0.1, -0.05) is 18.2 Å². The Bertz CT molecular complexity index is 1240. The average molecular weight is 449 g/mol. The maximum atomic E-state index is 6.33. The number of nitrogen functional groups attached to an aromatic ring is 1. The summed E-state index contributed by atoms with van der Waals surface area (Å²) in [6.45, 7) is 0.973. The van der Waals surface area contributed by atoms with Crippen molar-refractivity contribution in [1.29, 1.82) is 0 Å². The summed E-state index contributed by atoms with van der Waals surface area (Å²) in [5, 5.41) is 4.43. The lowest BCUT2D eigenvalue weighted by molar-refractivity contribution is 0.416. The number of aromatic nitrogens is 3. The molecule has 2 aromatic carbocycles. The highest BCUT2D eigenvalue weighted by Gasteiger charge is 2.13. The van der Waals surface area contributed by atoms with Gasteiger partial charge in [-0.2, -0.15) is 0 Å². The van der Waals surface area contributed by atoms with E-state index in [9.17, 15) is 0 Å². The summed E-state index contributed by atoms with van der Waals surface area (Å²) in [7, 11) is 7.81. The molecule has 0 amide bonds. The predicted molar refractivity (Wildman–Crippen MR) is 134 cm³/mol. The lowest BCUT2D eigenvalue weighted by atomic mass is 10.1. The van der Waals surface area contributed by atoms with Gasteiger partial charge >= 0.3 is 0 Å². The summed E-state index contributed by atoms with van der Waals surface area (Å²) in [6.07, 6.45) is 3.85. The molecule has 0 unspecified atom stereocenters. The number of para-hydroxylation sites is 1. The Morgan fingerprint density at radius 3 is 2.78 bits per heavy atom. The van der Waals surface area contributed by atoms with E-state index in [-0.39, 0.29) is 0 Å². The van der Waals surface area contributed by atoms with E-state index in [0.29, 0.717) is 17.4 Å². The van der Waals surface area contributed by atoms with Gasteiger partial charge in [-0.3, -0.25) is 0 Å². The van der Waals surface area contributed by atoms with Gasteiger partial charge in [-0.15, -0.1) is 11.8 Å². The van der Waals surface area contributed by atoms with E-state index >= 15 is 0 Å². The van der Waals surface area contributed by atoms with Crippen LogP contribution in [-0.4, -0.2) is 52.9 Å². The van der Waals surface area contributed by atoms with Crippen molar-refractivity contribution in [3.63, 3.8) is 0 Å². The average Bonchev–Trinajstić information content (AvgIpc) is 3.12. The third-order valence-electron chi connectivity index (χ3n) is 5.20. The Labute approximate surface area is 192 Å². The molecule has 0 atom stereocenters. The van der Waals surface area contributed by atoms with E-state index in [1.54, 1.807) is 25.1 Å². The summed E-state index contributed by atoms with van der Waals surface area (Å²) in [4.78, 5) is 12.3. The maximum Gasteiger partial charge on any atom is 0.227 e. The van der Waals surface area contributed by atoms with Crippen LogP contribution in [0.4, 0.5) is 17.3 Å². The van der Waals surface area contributed by atoms with E-state index in [2.05, 4.69) is 52.2 Å². The molecule has 0 saturated carbocycles. The Morgan fingerprint density at radius 1 is 1.19 bits per heavy atom. The number of methoxy groups -OCH3 is 1. The number of fused-ring (bicyclic) bond motifs is 1. The molecule has 4 aromatic rings. The van der Waals surface area contributed by atoms with Crippen molar-refractivity contribution in [3.8, 4) is 17.0 Å². The normalized spacial score (nSPS) is 11.3. The van der Waals surface area contributed by atoms with Crippen LogP contribution in [-0.2, 0) is 7.05 Å². The molecule has 4 rings (SSSR count). The number of nitrogens with one attached hydrogen (secondary N) is 1. The minimum Gasteiger partial charge on any atom is -0.495 e. The van der Waals surface area contributed by atoms with Crippen LogP contribution in [0.1, 0.15) is 0 Å². The Morgan fingerprint density at radius 2 is 2.00 bits per heavy atom. The first-order chi connectivity index (χ1) is 15.5. The van der Waals surface area contributed by atoms with Gasteiger partial charge in [0.15, 0.2) is 0 Å². The zero-order valence-electron chi connectivity index (χ0n) is 18.8. The molecular formula is C24H28N6OS. The number of ether oxygens (including phenoxy) is 1. The van der Waals surface area contributed by atoms with Crippen LogP contribution < -0.4 is 15.8 Å². The van der Waals surface area contributed by atoms with Gasteiger partial charge in [0.25, 0.3) is 0 Å². The zero-order valence-corrected chi connectivity index (χ0v) is 19.6. The van der Waals surface area contributed by atoms with Crippen molar-refractivity contribution in [1.82, 2.24) is 19.4 Å². The second-order valence-corrected chi connectivity index (χ2v) is 8.94. The zero-order chi connectivity index (χ0) is 22.7. The van der Waals surface area contributed by atoms with Crippen molar-refractivity contribution in [3.05, 3.63) is 54.9 Å². The summed E-state index contributed by atoms with van der Waals surface area (Å²) in [5.41, 5.74) is 10.8. The second kappa shape index (κ2) is 9.50. The molecule has 0 aliphatic carbocycles. The smallest absolute Gasteiger partial charge is 0.227 e. The monoisotopic (exact) mass is 448 g/mol. The van der Waals surface area contributed by atoms with Crippen molar-refractivity contribution in [2.45, 2.75) is 4.90 Å². The van der Waals surface area contributed by atoms with Crippen LogP contribution in [0.25, 0.3) is 22.2 Å². The highest BCUT2D eigenvalue weighted by molar-refractivity contribution is 7.99. The number of thioether (sulfide) groups is 1. The van der Waals surface area contributed by atoms with Gasteiger partial charge in [0, 0.05) is 58.8 Å². The van der Waals surface area contributed by atoms with Crippen LogP contribution in [0.2, 0.25) is 0 Å². The van der Waals surface area contributed by atoms with E-state index < -0.39 is 0 Å². The van der Waals surface area contributed by atoms with Gasteiger partial charge in [0.05, 0.1) is 18.5 Å². The summed E-state index contributed by atoms with van der Waals surface area (Å²) in [6, 6.07) is 14.1. The van der Waals surface area contributed by atoms with Crippen LogP contribution in [0.15, 0.2) is 59.8 Å². The molecule has 0 aliphatic rings. The largest absolute Gasteiger partial charge is 0.495 e. The van der Waals surface area contributed by atoms with E-state index in [4.69, 9.17) is 15.5 Å². The minimum atomic E-state index is 0.487. The third-order valence-corrected chi connectivity index (χ3v) is 6.25. The molecule has 8 heteroatoms. The second-order valence-electron chi connectivity index (χ2n) is 7.80. The topological polar surface area (TPSA) is 81.2 Å². The molecule has 166 valence electrons. The Kier molecular flexibility index (Phi) is 6.53. The number of rotatable bonds is 8. The molecule has 7 nitrogen and oxygen atoms in total. The molecule has 0 aliphatic heterocycles. The number of benzene rings is 2. The summed E-state index contributed by atoms with van der Waals surface area (Å²) in [5.74, 6) is 2.13. The fourth-order valence-electron chi connectivity index (χ4n) is 3.54. The first kappa shape index (κ1) is 22.0. The van der Waals surface area contributed by atoms with Gasteiger partial charge in [0.1, 0.15) is 5.75 Å². The number of nitrogens with two attached hydrogens (primary N) is 1. The fourth-order valence-corrected chi connectivity index (χ4v) is 4.64. The van der Waals surface area contributed by atoms with Crippen molar-refractivity contribution in [2.24, 2.45) is 7.05 Å². The molecule has 2 heterocycles. The predicted octanol–water partition coefficient (Wildman–Crippen LogP) is 4.62. The van der Waals surface area contributed by atoms with Gasteiger partial charge in [0.2, 0.25) is 5.95 Å². The maximum absolute atomic E-state index is 6.33. The standard InChI is InChI=1S/C24H28N6OS/c1-29(2)11-12-32-23-14-22(31-4)20(13-18(23)25)28-24-26-10-9-19(27-24)17-15-30(3)21-8-6-5-7-16(17)21/h5-10,13-15H,11-12,25H2,1-4H3,(H,26,27,28). The van der Waals surface area contributed by atoms with Crippen molar-refractivity contribution < 1.29 is 4.74 Å². The van der Waals surface area contributed by atoms with Gasteiger partial charge in [-0.25, -0.2) is 9.97 Å². The minimum absolute atomic E-state index is 0.487. The van der Waals surface area contributed by atoms with Gasteiger partial charge in [-0.05, 0) is 38.4 Å². The summed E-state index contributed by atoms with van der Waals surface area (Å²) >= 11 is 1.72. The number of anilines is 3. The molecule has 0 fully saturated rings. The molecule has 0 radical (unpaired) electrons. The molecule has 32 heavy (non-hydrogen) atoms. The fraction of sp³-hybridized carbons (Fsp3) is 0.250. The molecule has 0 bridgehead atoms. The molecule has 0 saturated heterocycles. The number of hydrogen-bond donors (Lipinski definition) is 2. The summed E-state index contributed by atoms with van der Waals surface area (Å²) < 4.78 is 7.72. The number of aryl methyl sites for hydroxylation is 1. The highest BCUT2D eigenvalue weighted by Crippen LogP contribution is 2.37. The van der Waals surface area contributed by atoms with E-state index in [1.807, 2.05) is 37.4 Å². The van der Waals surface area contributed by atoms with Crippen molar-refractivity contribution in [2.75, 3.05) is 44.6 Å². The number of nitrogens with zero attached hydrogens (tertiary/aromatic N) is 4. The lowest BCUT2D eigenvalue weighted by Crippen LogP contribution is -2.14. The first-order valence-corrected chi connectivity index (χ1v) is 11.3. The van der Waals surface area contributed by atoms with Crippen molar-refractivity contribution >= 4 is 40.0 Å². The third kappa shape index (κ3) is 4.66. The van der Waals surface area contributed by atoms with Crippen LogP contribution in [0.3, 0.4) is 0 Å². The Hall–Kier alpha value is -3.23. The number of hydrogen-bond acceptors (Lipinski definition) is 7. The highest BCUT2D eigenvalue weighted by atomic mass is 32.2. The van der Waals surface area contributed by atoms with E-state index in [1.165, 1.54) is 0 Å². The van der Waals surface area contributed by atoms with Crippen LogP contribution >= 0.6 is 11.8 Å². The lowest BCUT2D eigenvalue weighted by Gasteiger charge is -2.15. The molecular weight excluding hydrogens is 420 g/mol. The Balaban J connectivity index is 1.61.